The maximum Gasteiger partial charge on any atom is 0.120 e. The lowest BCUT2D eigenvalue weighted by atomic mass is 9.86. The number of hydrogen-bond donors (Lipinski definition) is 0. The molecule has 0 aliphatic heterocycles. The van der Waals surface area contributed by atoms with Crippen LogP contribution in [-0.4, -0.2) is 4.57 Å². The van der Waals surface area contributed by atoms with E-state index in [-0.39, 0.29) is 5.41 Å². The second kappa shape index (κ2) is 4.34. The van der Waals surface area contributed by atoms with E-state index < -0.39 is 0 Å². The number of hydrogen-bond acceptors (Lipinski definition) is 1. The molecule has 0 unspecified atom stereocenters. The van der Waals surface area contributed by atoms with Crippen molar-refractivity contribution in [3.63, 3.8) is 0 Å². The van der Waals surface area contributed by atoms with Crippen LogP contribution in [0.4, 0.5) is 0 Å². The lowest BCUT2D eigenvalue weighted by Crippen LogP contribution is -2.10. The minimum atomic E-state index is 0.174. The number of rotatable bonds is 1. The summed E-state index contributed by atoms with van der Waals surface area (Å²) >= 11 is 0. The highest BCUT2D eigenvalue weighted by Crippen LogP contribution is 2.26. The third-order valence-electron chi connectivity index (χ3n) is 3.20. The third kappa shape index (κ3) is 2.31. The van der Waals surface area contributed by atoms with Crippen LogP contribution < -0.4 is 0 Å². The summed E-state index contributed by atoms with van der Waals surface area (Å²) in [5, 5.41) is 8.96. The van der Waals surface area contributed by atoms with Crippen molar-refractivity contribution in [1.29, 1.82) is 5.26 Å². The molecule has 1 aromatic carbocycles. The first-order chi connectivity index (χ1) is 8.41. The first kappa shape index (κ1) is 12.4. The molecule has 0 saturated carbocycles. The fourth-order valence-corrected chi connectivity index (χ4v) is 2.00. The summed E-state index contributed by atoms with van der Waals surface area (Å²) in [6, 6.07) is 12.7. The summed E-state index contributed by atoms with van der Waals surface area (Å²) in [5.41, 5.74) is 4.43. The van der Waals surface area contributed by atoms with E-state index in [0.29, 0.717) is 5.69 Å². The van der Waals surface area contributed by atoms with Gasteiger partial charge in [-0.1, -0.05) is 45.0 Å². The zero-order valence-electron chi connectivity index (χ0n) is 11.4. The van der Waals surface area contributed by atoms with Gasteiger partial charge in [0, 0.05) is 18.8 Å². The predicted octanol–water partition coefficient (Wildman–Crippen LogP) is 3.86. The van der Waals surface area contributed by atoms with Crippen molar-refractivity contribution in [3.8, 4) is 17.2 Å². The summed E-state index contributed by atoms with van der Waals surface area (Å²) < 4.78 is 1.85. The van der Waals surface area contributed by atoms with Gasteiger partial charge < -0.3 is 4.57 Å². The van der Waals surface area contributed by atoms with E-state index in [2.05, 4.69) is 51.1 Å². The zero-order valence-corrected chi connectivity index (χ0v) is 11.4. The monoisotopic (exact) mass is 238 g/mol. The average molecular weight is 238 g/mol. The van der Waals surface area contributed by atoms with Gasteiger partial charge in [-0.15, -0.1) is 0 Å². The highest BCUT2D eigenvalue weighted by atomic mass is 14.9. The molecule has 2 nitrogen and oxygen atoms in total. The van der Waals surface area contributed by atoms with Crippen molar-refractivity contribution in [2.24, 2.45) is 7.05 Å². The topological polar surface area (TPSA) is 28.7 Å². The Bertz CT molecular complexity index is 590. The Morgan fingerprint density at radius 1 is 1.06 bits per heavy atom. The van der Waals surface area contributed by atoms with E-state index in [1.807, 2.05) is 23.9 Å². The van der Waals surface area contributed by atoms with Crippen LogP contribution in [0.3, 0.4) is 0 Å². The van der Waals surface area contributed by atoms with Crippen molar-refractivity contribution < 1.29 is 0 Å². The molecular formula is C16H18N2. The largest absolute Gasteiger partial charge is 0.342 e. The first-order valence-corrected chi connectivity index (χ1v) is 6.09. The van der Waals surface area contributed by atoms with E-state index >= 15 is 0 Å². The molecule has 92 valence electrons. The Labute approximate surface area is 108 Å². The molecule has 0 spiro atoms. The summed E-state index contributed by atoms with van der Waals surface area (Å²) in [6.07, 6.45) is 1.99. The van der Waals surface area contributed by atoms with Crippen molar-refractivity contribution in [1.82, 2.24) is 4.57 Å². The zero-order chi connectivity index (χ0) is 13.3. The Morgan fingerprint density at radius 3 is 2.11 bits per heavy atom. The van der Waals surface area contributed by atoms with Crippen LogP contribution >= 0.6 is 0 Å². The Kier molecular flexibility index (Phi) is 3.00. The molecule has 2 heteroatoms. The van der Waals surface area contributed by atoms with Gasteiger partial charge in [-0.05, 0) is 22.6 Å². The van der Waals surface area contributed by atoms with E-state index in [1.54, 1.807) is 0 Å². The van der Waals surface area contributed by atoms with Crippen LogP contribution in [0.2, 0.25) is 0 Å². The van der Waals surface area contributed by atoms with Crippen molar-refractivity contribution >= 4 is 0 Å². The summed E-state index contributed by atoms with van der Waals surface area (Å²) in [4.78, 5) is 0. The van der Waals surface area contributed by atoms with Gasteiger partial charge in [0.15, 0.2) is 0 Å². The van der Waals surface area contributed by atoms with Crippen LogP contribution in [0.1, 0.15) is 32.0 Å². The molecular weight excluding hydrogens is 220 g/mol. The Balaban J connectivity index is 2.38. The van der Waals surface area contributed by atoms with Crippen LogP contribution in [0, 0.1) is 11.3 Å². The van der Waals surface area contributed by atoms with Crippen molar-refractivity contribution in [2.45, 2.75) is 26.2 Å². The Hall–Kier alpha value is -2.01. The molecule has 0 amide bonds. The molecule has 0 fully saturated rings. The first-order valence-electron chi connectivity index (χ1n) is 6.09. The molecule has 0 N–H and O–H groups in total. The minimum absolute atomic E-state index is 0.174. The quantitative estimate of drug-likeness (QED) is 0.741. The molecule has 0 saturated heterocycles. The van der Waals surface area contributed by atoms with E-state index in [4.69, 9.17) is 5.26 Å². The molecule has 18 heavy (non-hydrogen) atoms. The second-order valence-electron chi connectivity index (χ2n) is 5.66. The van der Waals surface area contributed by atoms with Crippen LogP contribution in [0.15, 0.2) is 36.5 Å². The standard InChI is InChI=1S/C16H18N2/c1-16(2,3)14-7-5-12(6-8-14)13-9-15(10-17)18(4)11-13/h5-9,11H,1-4H3. The number of aryl methyl sites for hydroxylation is 1. The van der Waals surface area contributed by atoms with E-state index in [9.17, 15) is 0 Å². The maximum absolute atomic E-state index is 8.96. The lowest BCUT2D eigenvalue weighted by molar-refractivity contribution is 0.590. The summed E-state index contributed by atoms with van der Waals surface area (Å²) in [5.74, 6) is 0. The highest BCUT2D eigenvalue weighted by molar-refractivity contribution is 5.65. The molecule has 1 heterocycles. The van der Waals surface area contributed by atoms with Crippen LogP contribution in [0.5, 0.6) is 0 Å². The van der Waals surface area contributed by atoms with Gasteiger partial charge in [0.05, 0.1) is 0 Å². The van der Waals surface area contributed by atoms with Gasteiger partial charge in [0.1, 0.15) is 11.8 Å². The molecule has 0 aliphatic rings. The molecule has 0 radical (unpaired) electrons. The summed E-state index contributed by atoms with van der Waals surface area (Å²) in [6.45, 7) is 6.62. The lowest BCUT2D eigenvalue weighted by Gasteiger charge is -2.19. The van der Waals surface area contributed by atoms with Gasteiger partial charge >= 0.3 is 0 Å². The second-order valence-corrected chi connectivity index (χ2v) is 5.66. The maximum atomic E-state index is 8.96. The molecule has 1 aromatic heterocycles. The molecule has 0 atom stereocenters. The number of nitriles is 1. The van der Waals surface area contributed by atoms with Gasteiger partial charge in [-0.3, -0.25) is 0 Å². The van der Waals surface area contributed by atoms with Crippen molar-refractivity contribution in [2.75, 3.05) is 0 Å². The summed E-state index contributed by atoms with van der Waals surface area (Å²) in [7, 11) is 1.89. The fraction of sp³-hybridized carbons (Fsp3) is 0.312. The number of nitrogens with zero attached hydrogens (tertiary/aromatic N) is 2. The molecule has 2 rings (SSSR count). The highest BCUT2D eigenvalue weighted by Gasteiger charge is 2.13. The third-order valence-corrected chi connectivity index (χ3v) is 3.20. The minimum Gasteiger partial charge on any atom is -0.342 e. The van der Waals surface area contributed by atoms with E-state index in [0.717, 1.165) is 11.1 Å². The number of aromatic nitrogens is 1. The molecule has 2 aromatic rings. The number of benzene rings is 1. The average Bonchev–Trinajstić information content (AvgIpc) is 2.69. The van der Waals surface area contributed by atoms with Crippen LogP contribution in [-0.2, 0) is 12.5 Å². The van der Waals surface area contributed by atoms with Crippen LogP contribution in [0.25, 0.3) is 11.1 Å². The van der Waals surface area contributed by atoms with Crippen molar-refractivity contribution in [3.05, 3.63) is 47.8 Å². The normalized spacial score (nSPS) is 11.3. The SMILES string of the molecule is Cn1cc(-c2ccc(C(C)(C)C)cc2)cc1C#N. The smallest absolute Gasteiger partial charge is 0.120 e. The molecule has 0 bridgehead atoms. The van der Waals surface area contributed by atoms with Gasteiger partial charge in [0.2, 0.25) is 0 Å². The fourth-order valence-electron chi connectivity index (χ4n) is 2.00. The van der Waals surface area contributed by atoms with E-state index in [1.165, 1.54) is 5.56 Å². The van der Waals surface area contributed by atoms with Gasteiger partial charge in [-0.25, -0.2) is 0 Å². The predicted molar refractivity (Wildman–Crippen MR) is 74.3 cm³/mol. The van der Waals surface area contributed by atoms with Gasteiger partial charge in [-0.2, -0.15) is 5.26 Å². The Morgan fingerprint density at radius 2 is 1.67 bits per heavy atom. The van der Waals surface area contributed by atoms with Gasteiger partial charge in [0.25, 0.3) is 0 Å². The molecule has 0 aliphatic carbocycles.